The lowest BCUT2D eigenvalue weighted by Gasteiger charge is -2.47. The van der Waals surface area contributed by atoms with Crippen LogP contribution in [-0.4, -0.2) is 34.7 Å². The predicted octanol–water partition coefficient (Wildman–Crippen LogP) is 5.47. The first-order chi connectivity index (χ1) is 15.2. The molecule has 3 rings (SSSR count). The van der Waals surface area contributed by atoms with Gasteiger partial charge in [0.05, 0.1) is 6.17 Å². The van der Waals surface area contributed by atoms with Gasteiger partial charge in [0.15, 0.2) is 0 Å². The van der Waals surface area contributed by atoms with Gasteiger partial charge in [-0.05, 0) is 79.3 Å². The van der Waals surface area contributed by atoms with Crippen molar-refractivity contribution in [3.05, 3.63) is 65.5 Å². The SMILES string of the molecule is CC(C)CC(NC(=O)CCc1ccc(F)cc1)N1CC[C@@H](c2cccc(O)c2)[C@@H](C)[C@@H]1C. The summed E-state index contributed by atoms with van der Waals surface area (Å²) in [7, 11) is 0. The molecule has 0 aromatic heterocycles. The number of aromatic hydroxyl groups is 1. The number of aryl methyl sites for hydroxylation is 1. The molecule has 4 atom stereocenters. The first-order valence-corrected chi connectivity index (χ1v) is 11.8. The maximum atomic E-state index is 13.1. The monoisotopic (exact) mass is 440 g/mol. The summed E-state index contributed by atoms with van der Waals surface area (Å²) in [5, 5.41) is 13.2. The molecule has 32 heavy (non-hydrogen) atoms. The van der Waals surface area contributed by atoms with Crippen LogP contribution in [0.15, 0.2) is 48.5 Å². The van der Waals surface area contributed by atoms with E-state index in [4.69, 9.17) is 0 Å². The number of halogens is 1. The van der Waals surface area contributed by atoms with Gasteiger partial charge in [0.2, 0.25) is 5.91 Å². The van der Waals surface area contributed by atoms with Gasteiger partial charge in [0.25, 0.3) is 0 Å². The van der Waals surface area contributed by atoms with Crippen LogP contribution in [0.4, 0.5) is 4.39 Å². The van der Waals surface area contributed by atoms with Gasteiger partial charge in [0.1, 0.15) is 11.6 Å². The molecule has 1 aliphatic rings. The van der Waals surface area contributed by atoms with E-state index in [1.165, 1.54) is 17.7 Å². The van der Waals surface area contributed by atoms with E-state index in [1.807, 2.05) is 12.1 Å². The summed E-state index contributed by atoms with van der Waals surface area (Å²) in [5.74, 6) is 1.35. The predicted molar refractivity (Wildman–Crippen MR) is 127 cm³/mol. The Morgan fingerprint density at radius 3 is 2.56 bits per heavy atom. The fourth-order valence-electron chi connectivity index (χ4n) is 4.95. The first kappa shape index (κ1) is 24.2. The molecule has 2 aromatic carbocycles. The van der Waals surface area contributed by atoms with Crippen LogP contribution in [0.1, 0.15) is 64.0 Å². The number of carbonyl (C=O) groups is 1. The molecular formula is C27H37FN2O2. The van der Waals surface area contributed by atoms with Crippen molar-refractivity contribution in [3.8, 4) is 5.75 Å². The van der Waals surface area contributed by atoms with Crippen LogP contribution in [0.3, 0.4) is 0 Å². The number of benzene rings is 2. The minimum absolute atomic E-state index is 0.00158. The molecule has 0 saturated carbocycles. The van der Waals surface area contributed by atoms with Crippen LogP contribution in [0.5, 0.6) is 5.75 Å². The highest BCUT2D eigenvalue weighted by atomic mass is 19.1. The molecule has 0 aliphatic carbocycles. The van der Waals surface area contributed by atoms with Gasteiger partial charge >= 0.3 is 0 Å². The molecule has 174 valence electrons. The lowest BCUT2D eigenvalue weighted by Crippen LogP contribution is -2.57. The zero-order valence-corrected chi connectivity index (χ0v) is 19.7. The summed E-state index contributed by atoms with van der Waals surface area (Å²) in [6.45, 7) is 9.80. The van der Waals surface area contributed by atoms with Gasteiger partial charge in [-0.1, -0.05) is 45.0 Å². The summed E-state index contributed by atoms with van der Waals surface area (Å²) in [4.78, 5) is 15.2. The van der Waals surface area contributed by atoms with Crippen molar-refractivity contribution < 1.29 is 14.3 Å². The third kappa shape index (κ3) is 6.32. The molecule has 1 fully saturated rings. The quantitative estimate of drug-likeness (QED) is 0.573. The summed E-state index contributed by atoms with van der Waals surface area (Å²) in [5.41, 5.74) is 2.16. The van der Waals surface area contributed by atoms with Crippen LogP contribution in [0, 0.1) is 17.7 Å². The van der Waals surface area contributed by atoms with Crippen molar-refractivity contribution in [2.24, 2.45) is 11.8 Å². The third-order valence-electron chi connectivity index (χ3n) is 6.89. The van der Waals surface area contributed by atoms with Crippen molar-refractivity contribution in [2.45, 2.75) is 71.5 Å². The molecule has 1 unspecified atom stereocenters. The molecule has 1 heterocycles. The third-order valence-corrected chi connectivity index (χ3v) is 6.89. The summed E-state index contributed by atoms with van der Waals surface area (Å²) < 4.78 is 13.1. The highest BCUT2D eigenvalue weighted by molar-refractivity contribution is 5.76. The maximum Gasteiger partial charge on any atom is 0.221 e. The summed E-state index contributed by atoms with van der Waals surface area (Å²) >= 11 is 0. The number of amides is 1. The molecule has 0 radical (unpaired) electrons. The topological polar surface area (TPSA) is 52.6 Å². The lowest BCUT2D eigenvalue weighted by atomic mass is 9.77. The number of piperidine rings is 1. The van der Waals surface area contributed by atoms with E-state index >= 15 is 0 Å². The Bertz CT molecular complexity index is 883. The van der Waals surface area contributed by atoms with Crippen molar-refractivity contribution >= 4 is 5.91 Å². The number of phenolic OH excluding ortho intramolecular Hbond substituents is 1. The van der Waals surface area contributed by atoms with E-state index in [0.717, 1.165) is 24.9 Å². The largest absolute Gasteiger partial charge is 0.508 e. The Kier molecular flexibility index (Phi) is 8.30. The molecule has 2 aromatic rings. The smallest absolute Gasteiger partial charge is 0.221 e. The van der Waals surface area contributed by atoms with E-state index in [0.29, 0.717) is 42.4 Å². The summed E-state index contributed by atoms with van der Waals surface area (Å²) in [6, 6.07) is 14.3. The van der Waals surface area contributed by atoms with Gasteiger partial charge in [-0.25, -0.2) is 4.39 Å². The molecule has 0 spiro atoms. The van der Waals surface area contributed by atoms with Crippen LogP contribution < -0.4 is 5.32 Å². The van der Waals surface area contributed by atoms with Crippen molar-refractivity contribution in [3.63, 3.8) is 0 Å². The minimum Gasteiger partial charge on any atom is -0.508 e. The Hall–Kier alpha value is -2.40. The zero-order valence-electron chi connectivity index (χ0n) is 19.7. The van der Waals surface area contributed by atoms with Crippen molar-refractivity contribution in [2.75, 3.05) is 6.54 Å². The van der Waals surface area contributed by atoms with Crippen LogP contribution in [-0.2, 0) is 11.2 Å². The molecule has 4 nitrogen and oxygen atoms in total. The second kappa shape index (κ2) is 11.0. The fraction of sp³-hybridized carbons (Fsp3) is 0.519. The molecule has 5 heteroatoms. The van der Waals surface area contributed by atoms with E-state index in [2.05, 4.69) is 44.0 Å². The van der Waals surface area contributed by atoms with E-state index in [9.17, 15) is 14.3 Å². The Morgan fingerprint density at radius 1 is 1.19 bits per heavy atom. The highest BCUT2D eigenvalue weighted by Crippen LogP contribution is 2.38. The van der Waals surface area contributed by atoms with E-state index in [-0.39, 0.29) is 17.9 Å². The number of likely N-dealkylation sites (tertiary alicyclic amines) is 1. The molecule has 0 bridgehead atoms. The average Bonchev–Trinajstić information content (AvgIpc) is 2.74. The number of carbonyl (C=O) groups excluding carboxylic acids is 1. The van der Waals surface area contributed by atoms with Gasteiger partial charge in [-0.2, -0.15) is 0 Å². The number of nitrogens with zero attached hydrogens (tertiary/aromatic N) is 1. The Labute approximate surface area is 191 Å². The number of nitrogens with one attached hydrogen (secondary N) is 1. The van der Waals surface area contributed by atoms with E-state index in [1.54, 1.807) is 18.2 Å². The highest BCUT2D eigenvalue weighted by Gasteiger charge is 2.37. The molecule has 1 aliphatic heterocycles. The molecule has 1 amide bonds. The molecule has 1 saturated heterocycles. The number of hydrogen-bond acceptors (Lipinski definition) is 3. The standard InChI is InChI=1S/C27H37FN2O2/c1-18(2)16-26(29-27(32)13-10-21-8-11-23(28)12-9-21)30-15-14-25(19(3)20(30)4)22-6-5-7-24(31)17-22/h5-9,11-12,17-20,25-26,31H,10,13-16H2,1-4H3,(H,29,32)/t19-,20-,25+,26?/m0/s1. The normalized spacial score (nSPS) is 22.6. The van der Waals surface area contributed by atoms with Crippen molar-refractivity contribution in [1.29, 1.82) is 0 Å². The fourth-order valence-corrected chi connectivity index (χ4v) is 4.95. The van der Waals surface area contributed by atoms with Gasteiger partial charge in [-0.15, -0.1) is 0 Å². The zero-order chi connectivity index (χ0) is 23.3. The average molecular weight is 441 g/mol. The maximum absolute atomic E-state index is 13.1. The second-order valence-electron chi connectivity index (χ2n) is 9.67. The van der Waals surface area contributed by atoms with Gasteiger partial charge in [0, 0.05) is 19.0 Å². The lowest BCUT2D eigenvalue weighted by molar-refractivity contribution is -0.124. The Balaban J connectivity index is 1.64. The molecular weight excluding hydrogens is 403 g/mol. The number of rotatable bonds is 8. The summed E-state index contributed by atoms with van der Waals surface area (Å²) in [6.07, 6.45) is 2.89. The van der Waals surface area contributed by atoms with Crippen LogP contribution >= 0.6 is 0 Å². The minimum atomic E-state index is -0.257. The number of hydrogen-bond donors (Lipinski definition) is 2. The first-order valence-electron chi connectivity index (χ1n) is 11.8. The molecule has 2 N–H and O–H groups in total. The van der Waals surface area contributed by atoms with Gasteiger partial charge < -0.3 is 10.4 Å². The Morgan fingerprint density at radius 2 is 1.91 bits per heavy atom. The van der Waals surface area contributed by atoms with Crippen LogP contribution in [0.25, 0.3) is 0 Å². The van der Waals surface area contributed by atoms with Crippen LogP contribution in [0.2, 0.25) is 0 Å². The van der Waals surface area contributed by atoms with E-state index < -0.39 is 0 Å². The van der Waals surface area contributed by atoms with Crippen molar-refractivity contribution in [1.82, 2.24) is 10.2 Å². The number of phenols is 1. The van der Waals surface area contributed by atoms with Gasteiger partial charge in [-0.3, -0.25) is 9.69 Å². The second-order valence-corrected chi connectivity index (χ2v) is 9.67.